The number of rotatable bonds is 3. The zero-order valence-corrected chi connectivity index (χ0v) is 9.25. The predicted octanol–water partition coefficient (Wildman–Crippen LogP) is 2.93. The zero-order chi connectivity index (χ0) is 8.60. The second-order valence-corrected chi connectivity index (χ2v) is 5.82. The summed E-state index contributed by atoms with van der Waals surface area (Å²) < 4.78 is 1.27. The number of hydrogen-bond donors (Lipinski definition) is 1. The average Bonchev–Trinajstić information content (AvgIpc) is 2.61. The molecule has 1 aromatic rings. The molecule has 2 N–H and O–H groups in total. The molecular formula is C9H12BrNS. The van der Waals surface area contributed by atoms with Gasteiger partial charge >= 0.3 is 0 Å². The summed E-state index contributed by atoms with van der Waals surface area (Å²) in [5.74, 6) is 0. The van der Waals surface area contributed by atoms with Gasteiger partial charge in [-0.1, -0.05) is 0 Å². The highest BCUT2D eigenvalue weighted by molar-refractivity contribution is 9.11. The maximum absolute atomic E-state index is 6.00. The van der Waals surface area contributed by atoms with Crippen molar-refractivity contribution in [2.24, 2.45) is 5.73 Å². The van der Waals surface area contributed by atoms with E-state index in [0.29, 0.717) is 0 Å². The molecule has 12 heavy (non-hydrogen) atoms. The molecule has 0 amide bonds. The fourth-order valence-corrected chi connectivity index (χ4v) is 2.62. The Kier molecular flexibility index (Phi) is 2.27. The predicted molar refractivity (Wildman–Crippen MR) is 56.5 cm³/mol. The summed E-state index contributed by atoms with van der Waals surface area (Å²) >= 11 is 5.28. The van der Waals surface area contributed by atoms with E-state index in [1.165, 1.54) is 22.2 Å². The Morgan fingerprint density at radius 2 is 2.33 bits per heavy atom. The summed E-state index contributed by atoms with van der Waals surface area (Å²) in [4.78, 5) is 0. The van der Waals surface area contributed by atoms with Crippen LogP contribution in [0.25, 0.3) is 0 Å². The van der Waals surface area contributed by atoms with E-state index in [0.717, 1.165) is 12.8 Å². The molecule has 66 valence electrons. The minimum absolute atomic E-state index is 0.196. The lowest BCUT2D eigenvalue weighted by Crippen LogP contribution is -2.21. The van der Waals surface area contributed by atoms with Gasteiger partial charge in [0.1, 0.15) is 0 Å². The van der Waals surface area contributed by atoms with Crippen LogP contribution in [0.15, 0.2) is 15.2 Å². The van der Waals surface area contributed by atoms with Gasteiger partial charge in [-0.25, -0.2) is 0 Å². The highest BCUT2D eigenvalue weighted by Gasteiger charge is 2.37. The van der Waals surface area contributed by atoms with Crippen LogP contribution in [-0.2, 0) is 6.42 Å². The SMILES string of the molecule is NC1(CCc2ccsc2Br)CC1. The van der Waals surface area contributed by atoms with Crippen molar-refractivity contribution in [2.75, 3.05) is 0 Å². The molecule has 0 bridgehead atoms. The molecule has 0 aromatic carbocycles. The van der Waals surface area contributed by atoms with Crippen LogP contribution in [0.3, 0.4) is 0 Å². The van der Waals surface area contributed by atoms with Gasteiger partial charge in [-0.2, -0.15) is 0 Å². The summed E-state index contributed by atoms with van der Waals surface area (Å²) in [7, 11) is 0. The second-order valence-electron chi connectivity index (χ2n) is 3.58. The first kappa shape index (κ1) is 8.73. The van der Waals surface area contributed by atoms with E-state index in [4.69, 9.17) is 5.73 Å². The van der Waals surface area contributed by atoms with Crippen LogP contribution in [0, 0.1) is 0 Å². The summed E-state index contributed by atoms with van der Waals surface area (Å²) in [6.45, 7) is 0. The third-order valence-electron chi connectivity index (χ3n) is 2.48. The van der Waals surface area contributed by atoms with Gasteiger partial charge in [0.15, 0.2) is 0 Å². The minimum atomic E-state index is 0.196. The normalized spacial score (nSPS) is 19.5. The third kappa shape index (κ3) is 1.90. The first-order valence-corrected chi connectivity index (χ1v) is 5.88. The van der Waals surface area contributed by atoms with E-state index >= 15 is 0 Å². The van der Waals surface area contributed by atoms with Crippen LogP contribution in [0.1, 0.15) is 24.8 Å². The lowest BCUT2D eigenvalue weighted by Gasteiger charge is -2.06. The first-order chi connectivity index (χ1) is 5.70. The molecule has 0 unspecified atom stereocenters. The van der Waals surface area contributed by atoms with E-state index in [-0.39, 0.29) is 5.54 Å². The van der Waals surface area contributed by atoms with E-state index < -0.39 is 0 Å². The molecule has 2 rings (SSSR count). The van der Waals surface area contributed by atoms with Crippen LogP contribution in [0.2, 0.25) is 0 Å². The monoisotopic (exact) mass is 245 g/mol. The van der Waals surface area contributed by atoms with Crippen molar-refractivity contribution in [1.29, 1.82) is 0 Å². The maximum atomic E-state index is 6.00. The van der Waals surface area contributed by atoms with Crippen LogP contribution >= 0.6 is 27.3 Å². The zero-order valence-electron chi connectivity index (χ0n) is 6.85. The van der Waals surface area contributed by atoms with E-state index in [9.17, 15) is 0 Å². The Balaban J connectivity index is 1.91. The number of halogens is 1. The molecule has 0 atom stereocenters. The largest absolute Gasteiger partial charge is 0.325 e. The molecule has 0 saturated heterocycles. The Hall–Kier alpha value is 0.140. The lowest BCUT2D eigenvalue weighted by atomic mass is 10.1. The summed E-state index contributed by atoms with van der Waals surface area (Å²) in [6, 6.07) is 2.18. The minimum Gasteiger partial charge on any atom is -0.325 e. The molecule has 0 spiro atoms. The Labute approximate surface area is 85.1 Å². The fraction of sp³-hybridized carbons (Fsp3) is 0.556. The fourth-order valence-electron chi connectivity index (χ4n) is 1.29. The average molecular weight is 246 g/mol. The Morgan fingerprint density at radius 1 is 1.58 bits per heavy atom. The Morgan fingerprint density at radius 3 is 2.83 bits per heavy atom. The van der Waals surface area contributed by atoms with E-state index in [1.807, 2.05) is 0 Å². The molecular weight excluding hydrogens is 234 g/mol. The topological polar surface area (TPSA) is 26.0 Å². The summed E-state index contributed by atoms with van der Waals surface area (Å²) in [6.07, 6.45) is 4.70. The second kappa shape index (κ2) is 3.13. The van der Waals surface area contributed by atoms with Gasteiger partial charge in [0.2, 0.25) is 0 Å². The molecule has 1 aliphatic rings. The number of nitrogens with two attached hydrogens (primary N) is 1. The number of thiophene rings is 1. The Bertz CT molecular complexity index is 278. The van der Waals surface area contributed by atoms with Crippen molar-refractivity contribution >= 4 is 27.3 Å². The van der Waals surface area contributed by atoms with Crippen molar-refractivity contribution < 1.29 is 0 Å². The lowest BCUT2D eigenvalue weighted by molar-refractivity contribution is 0.609. The molecule has 0 aliphatic heterocycles. The van der Waals surface area contributed by atoms with Crippen molar-refractivity contribution in [3.63, 3.8) is 0 Å². The van der Waals surface area contributed by atoms with Gasteiger partial charge in [-0.15, -0.1) is 11.3 Å². The standard InChI is InChI=1S/C9H12BrNS/c10-8-7(2-6-12-8)1-3-9(11)4-5-9/h2,6H,1,3-5,11H2. The maximum Gasteiger partial charge on any atom is 0.0730 e. The molecule has 0 radical (unpaired) electrons. The van der Waals surface area contributed by atoms with Gasteiger partial charge in [-0.05, 0) is 58.6 Å². The highest BCUT2D eigenvalue weighted by Crippen LogP contribution is 2.37. The van der Waals surface area contributed by atoms with Crippen LogP contribution < -0.4 is 5.73 Å². The van der Waals surface area contributed by atoms with E-state index in [2.05, 4.69) is 27.4 Å². The molecule has 3 heteroatoms. The molecule has 1 fully saturated rings. The van der Waals surface area contributed by atoms with Crippen molar-refractivity contribution in [2.45, 2.75) is 31.2 Å². The third-order valence-corrected chi connectivity index (χ3v) is 4.29. The van der Waals surface area contributed by atoms with Crippen LogP contribution in [0.5, 0.6) is 0 Å². The summed E-state index contributed by atoms with van der Waals surface area (Å²) in [5.41, 5.74) is 7.61. The quantitative estimate of drug-likeness (QED) is 0.871. The van der Waals surface area contributed by atoms with E-state index in [1.54, 1.807) is 11.3 Å². The van der Waals surface area contributed by atoms with Gasteiger partial charge in [-0.3, -0.25) is 0 Å². The van der Waals surface area contributed by atoms with Crippen LogP contribution in [0.4, 0.5) is 0 Å². The van der Waals surface area contributed by atoms with Gasteiger partial charge in [0, 0.05) is 5.54 Å². The molecule has 1 saturated carbocycles. The molecule has 1 aromatic heterocycles. The highest BCUT2D eigenvalue weighted by atomic mass is 79.9. The van der Waals surface area contributed by atoms with Crippen molar-refractivity contribution in [3.05, 3.63) is 20.8 Å². The van der Waals surface area contributed by atoms with Gasteiger partial charge in [0.05, 0.1) is 3.79 Å². The van der Waals surface area contributed by atoms with Crippen molar-refractivity contribution in [3.8, 4) is 0 Å². The van der Waals surface area contributed by atoms with Gasteiger partial charge in [0.25, 0.3) is 0 Å². The molecule has 1 nitrogen and oxygen atoms in total. The van der Waals surface area contributed by atoms with Gasteiger partial charge < -0.3 is 5.73 Å². The smallest absolute Gasteiger partial charge is 0.0730 e. The van der Waals surface area contributed by atoms with Crippen LogP contribution in [-0.4, -0.2) is 5.54 Å². The molecule has 1 aliphatic carbocycles. The van der Waals surface area contributed by atoms with Crippen molar-refractivity contribution in [1.82, 2.24) is 0 Å². The first-order valence-electron chi connectivity index (χ1n) is 4.20. The number of hydrogen-bond acceptors (Lipinski definition) is 2. The summed E-state index contributed by atoms with van der Waals surface area (Å²) in [5, 5.41) is 2.12. The number of aryl methyl sites for hydroxylation is 1. The molecule has 1 heterocycles.